The highest BCUT2D eigenvalue weighted by Gasteiger charge is 2.34. The molecule has 0 saturated heterocycles. The first-order chi connectivity index (χ1) is 9.46. The zero-order chi connectivity index (χ0) is 14.8. The Morgan fingerprint density at radius 2 is 1.95 bits per heavy atom. The third-order valence-electron chi connectivity index (χ3n) is 3.52. The standard InChI is InChI=1S/C13H16Cl2FNO2S/c14-7-8-17(11-3-1-2-4-11)20(18,19)13-9-10(16)5-6-12(13)15/h5-6,9,11H,1-4,7-8H2. The Hall–Kier alpha value is -0.360. The highest BCUT2D eigenvalue weighted by Crippen LogP contribution is 2.31. The summed E-state index contributed by atoms with van der Waals surface area (Å²) in [4.78, 5) is -0.184. The molecule has 1 saturated carbocycles. The van der Waals surface area contributed by atoms with Crippen LogP contribution in [0.5, 0.6) is 0 Å². The maximum Gasteiger partial charge on any atom is 0.244 e. The molecule has 0 spiro atoms. The van der Waals surface area contributed by atoms with Crippen molar-refractivity contribution < 1.29 is 12.8 Å². The first-order valence-electron chi connectivity index (χ1n) is 6.49. The van der Waals surface area contributed by atoms with E-state index in [1.807, 2.05) is 0 Å². The van der Waals surface area contributed by atoms with Gasteiger partial charge in [0.15, 0.2) is 0 Å². The number of nitrogens with zero attached hydrogens (tertiary/aromatic N) is 1. The van der Waals surface area contributed by atoms with Gasteiger partial charge in [-0.3, -0.25) is 0 Å². The van der Waals surface area contributed by atoms with Crippen molar-refractivity contribution in [1.82, 2.24) is 4.31 Å². The molecule has 2 rings (SSSR count). The van der Waals surface area contributed by atoms with E-state index in [1.165, 1.54) is 10.4 Å². The molecule has 3 nitrogen and oxygen atoms in total. The summed E-state index contributed by atoms with van der Waals surface area (Å²) in [6, 6.07) is 3.30. The first-order valence-corrected chi connectivity index (χ1v) is 8.85. The Balaban J connectivity index is 2.41. The average Bonchev–Trinajstić information content (AvgIpc) is 2.92. The van der Waals surface area contributed by atoms with Crippen molar-refractivity contribution in [3.63, 3.8) is 0 Å². The van der Waals surface area contributed by atoms with Gasteiger partial charge in [0.05, 0.1) is 5.02 Å². The number of rotatable bonds is 5. The van der Waals surface area contributed by atoms with Crippen LogP contribution in [0.25, 0.3) is 0 Å². The highest BCUT2D eigenvalue weighted by atomic mass is 35.5. The van der Waals surface area contributed by atoms with Gasteiger partial charge >= 0.3 is 0 Å². The van der Waals surface area contributed by atoms with E-state index in [0.717, 1.165) is 37.8 Å². The van der Waals surface area contributed by atoms with E-state index in [-0.39, 0.29) is 28.4 Å². The van der Waals surface area contributed by atoms with Crippen LogP contribution in [0.1, 0.15) is 25.7 Å². The molecule has 0 unspecified atom stereocenters. The molecule has 7 heteroatoms. The second kappa shape index (κ2) is 6.60. The molecular weight excluding hydrogens is 324 g/mol. The minimum atomic E-state index is -3.82. The van der Waals surface area contributed by atoms with Crippen molar-refractivity contribution >= 4 is 33.2 Å². The van der Waals surface area contributed by atoms with Crippen molar-refractivity contribution in [2.45, 2.75) is 36.6 Å². The predicted molar refractivity (Wildman–Crippen MR) is 78.3 cm³/mol. The number of hydrogen-bond donors (Lipinski definition) is 0. The average molecular weight is 340 g/mol. The lowest BCUT2D eigenvalue weighted by Crippen LogP contribution is -2.40. The van der Waals surface area contributed by atoms with Gasteiger partial charge in [-0.15, -0.1) is 11.6 Å². The molecule has 0 heterocycles. The lowest BCUT2D eigenvalue weighted by molar-refractivity contribution is 0.336. The quantitative estimate of drug-likeness (QED) is 0.768. The molecule has 0 bridgehead atoms. The van der Waals surface area contributed by atoms with Crippen molar-refractivity contribution in [3.8, 4) is 0 Å². The van der Waals surface area contributed by atoms with E-state index in [0.29, 0.717) is 0 Å². The van der Waals surface area contributed by atoms with E-state index in [1.54, 1.807) is 0 Å². The molecule has 0 atom stereocenters. The van der Waals surface area contributed by atoms with E-state index in [2.05, 4.69) is 0 Å². The van der Waals surface area contributed by atoms with Gasteiger partial charge in [-0.2, -0.15) is 4.31 Å². The second-order valence-electron chi connectivity index (χ2n) is 4.82. The van der Waals surface area contributed by atoms with Gasteiger partial charge < -0.3 is 0 Å². The summed E-state index contributed by atoms with van der Waals surface area (Å²) < 4.78 is 40.1. The zero-order valence-electron chi connectivity index (χ0n) is 10.9. The third-order valence-corrected chi connectivity index (χ3v) is 6.12. The molecule has 0 N–H and O–H groups in total. The van der Waals surface area contributed by atoms with Crippen LogP contribution in [0.15, 0.2) is 23.1 Å². The van der Waals surface area contributed by atoms with Gasteiger partial charge in [-0.1, -0.05) is 24.4 Å². The molecule has 1 aliphatic carbocycles. The van der Waals surface area contributed by atoms with Crippen LogP contribution in [0.2, 0.25) is 5.02 Å². The molecule has 1 aromatic rings. The molecule has 0 radical (unpaired) electrons. The number of alkyl halides is 1. The van der Waals surface area contributed by atoms with Crippen LogP contribution >= 0.6 is 23.2 Å². The number of hydrogen-bond acceptors (Lipinski definition) is 2. The summed E-state index contributed by atoms with van der Waals surface area (Å²) in [6.07, 6.45) is 3.61. The van der Waals surface area contributed by atoms with Crippen LogP contribution in [0.4, 0.5) is 4.39 Å². The topological polar surface area (TPSA) is 37.4 Å². The van der Waals surface area contributed by atoms with Gasteiger partial charge in [-0.05, 0) is 31.0 Å². The van der Waals surface area contributed by atoms with Crippen LogP contribution in [0, 0.1) is 5.82 Å². The molecular formula is C13H16Cl2FNO2S. The van der Waals surface area contributed by atoms with Gasteiger partial charge in [0.2, 0.25) is 10.0 Å². The van der Waals surface area contributed by atoms with Crippen LogP contribution in [-0.2, 0) is 10.0 Å². The predicted octanol–water partition coefficient (Wildman–Crippen LogP) is 3.65. The fraction of sp³-hybridized carbons (Fsp3) is 0.538. The van der Waals surface area contributed by atoms with Crippen molar-refractivity contribution in [2.75, 3.05) is 12.4 Å². The molecule has 112 valence electrons. The summed E-state index contributed by atoms with van der Waals surface area (Å²) in [5.41, 5.74) is 0. The van der Waals surface area contributed by atoms with Crippen LogP contribution in [0.3, 0.4) is 0 Å². The Bertz CT molecular complexity index is 574. The molecule has 20 heavy (non-hydrogen) atoms. The third kappa shape index (κ3) is 3.27. The monoisotopic (exact) mass is 339 g/mol. The summed E-state index contributed by atoms with van der Waals surface area (Å²) in [6.45, 7) is 0.210. The SMILES string of the molecule is O=S(=O)(c1cc(F)ccc1Cl)N(CCCl)C1CCCC1. The van der Waals surface area contributed by atoms with E-state index in [4.69, 9.17) is 23.2 Å². The van der Waals surface area contributed by atoms with E-state index < -0.39 is 15.8 Å². The molecule has 1 aromatic carbocycles. The van der Waals surface area contributed by atoms with E-state index in [9.17, 15) is 12.8 Å². The number of halogens is 3. The lowest BCUT2D eigenvalue weighted by Gasteiger charge is -2.27. The fourth-order valence-corrected chi connectivity index (χ4v) is 5.03. The second-order valence-corrected chi connectivity index (χ2v) is 7.46. The van der Waals surface area contributed by atoms with Crippen LogP contribution in [-0.4, -0.2) is 31.2 Å². The summed E-state index contributed by atoms with van der Waals surface area (Å²) in [7, 11) is -3.82. The van der Waals surface area contributed by atoms with Crippen LogP contribution < -0.4 is 0 Å². The molecule has 1 fully saturated rings. The van der Waals surface area contributed by atoms with Gasteiger partial charge in [-0.25, -0.2) is 12.8 Å². The number of benzene rings is 1. The largest absolute Gasteiger partial charge is 0.244 e. The Morgan fingerprint density at radius 3 is 2.55 bits per heavy atom. The highest BCUT2D eigenvalue weighted by molar-refractivity contribution is 7.89. The maximum atomic E-state index is 13.3. The fourth-order valence-electron chi connectivity index (χ4n) is 2.58. The minimum absolute atomic E-state index is 0.0315. The molecule has 1 aliphatic rings. The molecule has 0 amide bonds. The van der Waals surface area contributed by atoms with Crippen molar-refractivity contribution in [2.24, 2.45) is 0 Å². The number of sulfonamides is 1. The van der Waals surface area contributed by atoms with Gasteiger partial charge in [0, 0.05) is 18.5 Å². The van der Waals surface area contributed by atoms with Gasteiger partial charge in [0.25, 0.3) is 0 Å². The Morgan fingerprint density at radius 1 is 1.30 bits per heavy atom. The maximum absolute atomic E-state index is 13.3. The smallest absolute Gasteiger partial charge is 0.207 e. The summed E-state index contributed by atoms with van der Waals surface area (Å²) >= 11 is 11.7. The van der Waals surface area contributed by atoms with Crippen molar-refractivity contribution in [1.29, 1.82) is 0 Å². The zero-order valence-corrected chi connectivity index (χ0v) is 13.2. The first kappa shape index (κ1) is 16.0. The minimum Gasteiger partial charge on any atom is -0.207 e. The normalized spacial score (nSPS) is 17.0. The van der Waals surface area contributed by atoms with Gasteiger partial charge in [0.1, 0.15) is 10.7 Å². The van der Waals surface area contributed by atoms with Crippen molar-refractivity contribution in [3.05, 3.63) is 29.0 Å². The molecule has 0 aliphatic heterocycles. The lowest BCUT2D eigenvalue weighted by atomic mass is 10.2. The molecule has 0 aromatic heterocycles. The summed E-state index contributed by atoms with van der Waals surface area (Å²) in [5.74, 6) is -0.423. The Labute approximate surface area is 128 Å². The Kier molecular flexibility index (Phi) is 5.29. The summed E-state index contributed by atoms with van der Waals surface area (Å²) in [5, 5.41) is 0.0315. The van der Waals surface area contributed by atoms with E-state index >= 15 is 0 Å².